The molecule has 0 atom stereocenters. The summed E-state index contributed by atoms with van der Waals surface area (Å²) in [5, 5.41) is 0. The summed E-state index contributed by atoms with van der Waals surface area (Å²) in [4.78, 5) is 0. The zero-order chi connectivity index (χ0) is 6.69. The van der Waals surface area contributed by atoms with Crippen molar-refractivity contribution in [2.24, 2.45) is 0 Å². The van der Waals surface area contributed by atoms with Gasteiger partial charge < -0.3 is 0 Å². The third kappa shape index (κ3) is 1.89. The van der Waals surface area contributed by atoms with Gasteiger partial charge in [-0.2, -0.15) is 0 Å². The summed E-state index contributed by atoms with van der Waals surface area (Å²) >= 11 is 2.11. The fourth-order valence-corrected chi connectivity index (χ4v) is 0.824. The average molecular weight is 112 g/mol. The van der Waals surface area contributed by atoms with E-state index in [1.165, 1.54) is 9.80 Å². The predicted molar refractivity (Wildman–Crippen MR) is 41.2 cm³/mol. The van der Waals surface area contributed by atoms with Crippen LogP contribution in [0.5, 0.6) is 0 Å². The first-order valence-corrected chi connectivity index (χ1v) is 3.38. The van der Waals surface area contributed by atoms with Crippen molar-refractivity contribution in [2.45, 2.75) is 13.3 Å². The van der Waals surface area contributed by atoms with Gasteiger partial charge in [-0.3, -0.25) is 0 Å². The topological polar surface area (TPSA) is 0 Å². The van der Waals surface area contributed by atoms with E-state index >= 15 is 0 Å². The molecule has 0 heterocycles. The Morgan fingerprint density at radius 3 is 2.22 bits per heavy atom. The summed E-state index contributed by atoms with van der Waals surface area (Å²) in [6.07, 6.45) is 1.14. The molecule has 0 aliphatic rings. The Morgan fingerprint density at radius 2 is 1.78 bits per heavy atom. The van der Waals surface area contributed by atoms with E-state index in [2.05, 4.69) is 48.9 Å². The first-order valence-electron chi connectivity index (χ1n) is 3.38. The van der Waals surface area contributed by atoms with E-state index < -0.39 is 0 Å². The summed E-state index contributed by atoms with van der Waals surface area (Å²) in [5.74, 6) is 0. The van der Waals surface area contributed by atoms with Crippen molar-refractivity contribution >= 4 is 22.0 Å². The maximum atomic E-state index is 2.18. The zero-order valence-electron chi connectivity index (χ0n) is 6.02. The molecule has 1 rings (SSSR count). The van der Waals surface area contributed by atoms with Crippen LogP contribution in [0, 0.1) is 0 Å². The van der Waals surface area contributed by atoms with Crippen LogP contribution in [-0.2, 0) is 6.42 Å². The molecule has 0 nitrogen and oxygen atoms in total. The fourth-order valence-electron chi connectivity index (χ4n) is 0.824. The molecular formula is C8H9Li. The van der Waals surface area contributed by atoms with Crippen LogP contribution in [0.1, 0.15) is 12.5 Å². The molecule has 0 aliphatic carbocycles. The summed E-state index contributed by atoms with van der Waals surface area (Å²) in [5.41, 5.74) is 1.42. The maximum absolute atomic E-state index is 2.18. The van der Waals surface area contributed by atoms with Gasteiger partial charge in [-0.25, -0.2) is 0 Å². The third-order valence-corrected chi connectivity index (χ3v) is 1.53. The molecule has 0 N–H and O–H groups in total. The van der Waals surface area contributed by atoms with Crippen LogP contribution in [0.15, 0.2) is 24.3 Å². The zero-order valence-corrected chi connectivity index (χ0v) is 6.02. The second-order valence-electron chi connectivity index (χ2n) is 2.34. The van der Waals surface area contributed by atoms with Crippen molar-refractivity contribution in [1.29, 1.82) is 0 Å². The molecule has 1 aromatic rings. The van der Waals surface area contributed by atoms with Gasteiger partial charge in [-0.15, -0.1) is 0 Å². The Kier molecular flexibility index (Phi) is 2.39. The molecule has 42 valence electrons. The quantitative estimate of drug-likeness (QED) is 0.476. The second-order valence-corrected chi connectivity index (χ2v) is 2.34. The van der Waals surface area contributed by atoms with E-state index in [1.807, 2.05) is 0 Å². The van der Waals surface area contributed by atoms with E-state index in [1.54, 1.807) is 0 Å². The molecule has 0 fully saturated rings. The van der Waals surface area contributed by atoms with Crippen molar-refractivity contribution in [2.75, 3.05) is 0 Å². The van der Waals surface area contributed by atoms with Crippen LogP contribution < -0.4 is 4.24 Å². The molecule has 0 radical (unpaired) electrons. The minimum atomic E-state index is 1.14. The van der Waals surface area contributed by atoms with Crippen LogP contribution in [0.4, 0.5) is 0 Å². The monoisotopic (exact) mass is 112 g/mol. The second kappa shape index (κ2) is 3.10. The molecular weight excluding hydrogens is 103 g/mol. The predicted octanol–water partition coefficient (Wildman–Crippen LogP) is 1.04. The van der Waals surface area contributed by atoms with Gasteiger partial charge in [0, 0.05) is 0 Å². The first-order chi connectivity index (χ1) is 4.33. The average Bonchev–Trinajstić information content (AvgIpc) is 1.90. The molecule has 0 bridgehead atoms. The standard InChI is InChI=1S/C8H9.Li/c1-2-8-6-4-3-5-7-8;/h4-7H,2H2,1H3;. The van der Waals surface area contributed by atoms with Crippen molar-refractivity contribution in [3.8, 4) is 0 Å². The molecule has 0 spiro atoms. The van der Waals surface area contributed by atoms with Gasteiger partial charge >= 0.3 is 65.1 Å². The van der Waals surface area contributed by atoms with Crippen LogP contribution >= 0.6 is 0 Å². The van der Waals surface area contributed by atoms with Crippen LogP contribution in [0.3, 0.4) is 0 Å². The number of hydrogen-bond donors (Lipinski definition) is 0. The molecule has 0 aromatic heterocycles. The van der Waals surface area contributed by atoms with Crippen molar-refractivity contribution < 1.29 is 0 Å². The molecule has 0 unspecified atom stereocenters. The van der Waals surface area contributed by atoms with E-state index in [-0.39, 0.29) is 0 Å². The van der Waals surface area contributed by atoms with Gasteiger partial charge in [0.2, 0.25) is 0 Å². The van der Waals surface area contributed by atoms with E-state index in [9.17, 15) is 0 Å². The van der Waals surface area contributed by atoms with Crippen LogP contribution in [0.25, 0.3) is 0 Å². The fraction of sp³-hybridized carbons (Fsp3) is 0.250. The molecule has 9 heavy (non-hydrogen) atoms. The van der Waals surface area contributed by atoms with Gasteiger partial charge in [0.15, 0.2) is 0 Å². The minimum absolute atomic E-state index is 1.14. The van der Waals surface area contributed by atoms with Crippen LogP contribution in [0.2, 0.25) is 0 Å². The normalized spacial score (nSPS) is 9.67. The Hall–Kier alpha value is -0.183. The number of rotatable bonds is 1. The summed E-state index contributed by atoms with van der Waals surface area (Å²) < 4.78 is 1.34. The Morgan fingerprint density at radius 1 is 1.22 bits per heavy atom. The van der Waals surface area contributed by atoms with Gasteiger partial charge in [0.25, 0.3) is 0 Å². The molecule has 0 amide bonds. The third-order valence-electron chi connectivity index (χ3n) is 1.53. The number of aryl methyl sites for hydroxylation is 1. The molecule has 0 saturated carbocycles. The van der Waals surface area contributed by atoms with Gasteiger partial charge in [0.05, 0.1) is 0 Å². The van der Waals surface area contributed by atoms with Crippen molar-refractivity contribution in [3.05, 3.63) is 29.8 Å². The number of benzene rings is 1. The SMILES string of the molecule is [Li][c]1ccc(CC)cc1. The Bertz CT molecular complexity index is 176. The Labute approximate surface area is 65.5 Å². The van der Waals surface area contributed by atoms with Crippen molar-refractivity contribution in [3.63, 3.8) is 0 Å². The number of hydrogen-bond acceptors (Lipinski definition) is 0. The molecule has 1 aromatic carbocycles. The molecule has 1 heteroatoms. The van der Waals surface area contributed by atoms with Gasteiger partial charge in [0.1, 0.15) is 0 Å². The van der Waals surface area contributed by atoms with Gasteiger partial charge in [-0.1, -0.05) is 0 Å². The van der Waals surface area contributed by atoms with Gasteiger partial charge in [-0.05, 0) is 0 Å². The van der Waals surface area contributed by atoms with E-state index in [0.717, 1.165) is 6.42 Å². The summed E-state index contributed by atoms with van der Waals surface area (Å²) in [7, 11) is 0. The molecule has 0 saturated heterocycles. The Balaban J connectivity index is 2.88. The molecule has 0 aliphatic heterocycles. The van der Waals surface area contributed by atoms with Crippen LogP contribution in [-0.4, -0.2) is 17.7 Å². The first kappa shape index (κ1) is 6.93. The van der Waals surface area contributed by atoms with E-state index in [4.69, 9.17) is 0 Å². The van der Waals surface area contributed by atoms with Crippen molar-refractivity contribution in [1.82, 2.24) is 0 Å². The van der Waals surface area contributed by atoms with E-state index in [0.29, 0.717) is 0 Å². The summed E-state index contributed by atoms with van der Waals surface area (Å²) in [6, 6.07) is 8.66. The summed E-state index contributed by atoms with van der Waals surface area (Å²) in [6.45, 7) is 2.17.